The molecule has 0 spiro atoms. The molecule has 1 N–H and O–H groups in total. The van der Waals surface area contributed by atoms with Crippen molar-refractivity contribution in [2.24, 2.45) is 11.3 Å². The van der Waals surface area contributed by atoms with Crippen LogP contribution in [0.2, 0.25) is 0 Å². The highest BCUT2D eigenvalue weighted by Gasteiger charge is 2.22. The lowest BCUT2D eigenvalue weighted by molar-refractivity contribution is 0.233. The zero-order valence-electron chi connectivity index (χ0n) is 10.1. The second-order valence-corrected chi connectivity index (χ2v) is 5.19. The lowest BCUT2D eigenvalue weighted by Gasteiger charge is -2.30. The molecule has 0 aliphatic heterocycles. The summed E-state index contributed by atoms with van der Waals surface area (Å²) in [5.41, 5.74) is 1.63. The summed E-state index contributed by atoms with van der Waals surface area (Å²) >= 11 is 0. The third kappa shape index (κ3) is 4.47. The normalized spacial score (nSPS) is 16.8. The molecule has 0 saturated carbocycles. The maximum absolute atomic E-state index is 4.00. The first-order chi connectivity index (χ1) is 5.79. The fraction of sp³-hybridized carbons (Fsp3) is 0.833. The van der Waals surface area contributed by atoms with Crippen LogP contribution in [0.15, 0.2) is 12.2 Å². The van der Waals surface area contributed by atoms with Gasteiger partial charge in [0.05, 0.1) is 0 Å². The number of hydrogen-bond acceptors (Lipinski definition) is 1. The molecule has 0 bridgehead atoms. The zero-order valence-corrected chi connectivity index (χ0v) is 10.1. The van der Waals surface area contributed by atoms with E-state index in [1.807, 2.05) is 7.05 Å². The lowest BCUT2D eigenvalue weighted by atomic mass is 9.78. The van der Waals surface area contributed by atoms with Gasteiger partial charge in [0.2, 0.25) is 0 Å². The van der Waals surface area contributed by atoms with Crippen LogP contribution in [0, 0.1) is 11.3 Å². The molecule has 0 aromatic carbocycles. The van der Waals surface area contributed by atoms with Gasteiger partial charge in [-0.15, -0.1) is 0 Å². The third-order valence-corrected chi connectivity index (χ3v) is 3.01. The fourth-order valence-electron chi connectivity index (χ4n) is 1.27. The number of likely N-dealkylation sites (N-methyl/N-ethyl adjacent to an activating group) is 1. The summed E-state index contributed by atoms with van der Waals surface area (Å²) in [7, 11) is 2.01. The Morgan fingerprint density at radius 2 is 1.85 bits per heavy atom. The van der Waals surface area contributed by atoms with Gasteiger partial charge in [-0.2, -0.15) is 0 Å². The molecule has 2 unspecified atom stereocenters. The summed E-state index contributed by atoms with van der Waals surface area (Å²) in [6, 6.07) is 0.467. The molecule has 0 aliphatic rings. The van der Waals surface area contributed by atoms with Gasteiger partial charge in [-0.1, -0.05) is 39.8 Å². The smallest absolute Gasteiger partial charge is 0.0274 e. The minimum Gasteiger partial charge on any atom is -0.313 e. The maximum Gasteiger partial charge on any atom is 0.0274 e. The molecule has 0 aliphatic carbocycles. The Bertz CT molecular complexity index is 164. The Hall–Kier alpha value is -0.300. The van der Waals surface area contributed by atoms with E-state index in [1.165, 1.54) is 12.0 Å². The van der Waals surface area contributed by atoms with Crippen molar-refractivity contribution >= 4 is 0 Å². The first-order valence-corrected chi connectivity index (χ1v) is 5.11. The maximum atomic E-state index is 4.00. The predicted molar refractivity (Wildman–Crippen MR) is 60.9 cm³/mol. The van der Waals surface area contributed by atoms with Crippen molar-refractivity contribution < 1.29 is 0 Å². The van der Waals surface area contributed by atoms with Crippen LogP contribution in [0.4, 0.5) is 0 Å². The molecule has 0 aromatic rings. The van der Waals surface area contributed by atoms with E-state index < -0.39 is 0 Å². The van der Waals surface area contributed by atoms with Crippen molar-refractivity contribution in [1.29, 1.82) is 0 Å². The van der Waals surface area contributed by atoms with Crippen LogP contribution in [0.3, 0.4) is 0 Å². The van der Waals surface area contributed by atoms with Crippen molar-refractivity contribution in [2.75, 3.05) is 7.05 Å². The highest BCUT2D eigenvalue weighted by molar-refractivity contribution is 5.01. The molecule has 0 saturated heterocycles. The summed E-state index contributed by atoms with van der Waals surface area (Å²) < 4.78 is 0. The average Bonchev–Trinajstić information content (AvgIpc) is 1.96. The molecule has 2 atom stereocenters. The number of nitrogens with one attached hydrogen (secondary N) is 1. The van der Waals surface area contributed by atoms with Gasteiger partial charge in [0, 0.05) is 6.04 Å². The standard InChI is InChI=1S/C12H25N/c1-9(2)11(13-7)8-10(3)12(4,5)6/h10-11,13H,1,8H2,2-7H3. The first-order valence-electron chi connectivity index (χ1n) is 5.11. The van der Waals surface area contributed by atoms with Crippen molar-refractivity contribution in [2.45, 2.75) is 47.1 Å². The Balaban J connectivity index is 4.17. The monoisotopic (exact) mass is 183 g/mol. The summed E-state index contributed by atoms with van der Waals surface area (Å²) in [6.07, 6.45) is 1.18. The molecular weight excluding hydrogens is 158 g/mol. The summed E-state index contributed by atoms with van der Waals surface area (Å²) in [6.45, 7) is 15.3. The van der Waals surface area contributed by atoms with E-state index in [0.29, 0.717) is 17.4 Å². The van der Waals surface area contributed by atoms with Crippen molar-refractivity contribution in [3.63, 3.8) is 0 Å². The van der Waals surface area contributed by atoms with Gasteiger partial charge in [0.25, 0.3) is 0 Å². The highest BCUT2D eigenvalue weighted by atomic mass is 14.9. The second-order valence-electron chi connectivity index (χ2n) is 5.19. The molecule has 0 heterocycles. The van der Waals surface area contributed by atoms with Crippen molar-refractivity contribution in [3.8, 4) is 0 Å². The van der Waals surface area contributed by atoms with E-state index in [-0.39, 0.29) is 0 Å². The Labute approximate surface area is 83.6 Å². The number of hydrogen-bond donors (Lipinski definition) is 1. The van der Waals surface area contributed by atoms with Gasteiger partial charge < -0.3 is 5.32 Å². The predicted octanol–water partition coefficient (Wildman–Crippen LogP) is 3.22. The topological polar surface area (TPSA) is 12.0 Å². The lowest BCUT2D eigenvalue weighted by Crippen LogP contribution is -2.31. The van der Waals surface area contributed by atoms with Gasteiger partial charge in [-0.3, -0.25) is 0 Å². The molecule has 0 aromatic heterocycles. The SMILES string of the molecule is C=C(C)C(CC(C)C(C)(C)C)NC. The van der Waals surface area contributed by atoms with E-state index in [2.05, 4.69) is 46.5 Å². The zero-order chi connectivity index (χ0) is 10.6. The Morgan fingerprint density at radius 1 is 1.38 bits per heavy atom. The van der Waals surface area contributed by atoms with Crippen LogP contribution in [-0.2, 0) is 0 Å². The van der Waals surface area contributed by atoms with Crippen LogP contribution in [0.25, 0.3) is 0 Å². The molecule has 78 valence electrons. The number of rotatable bonds is 4. The largest absolute Gasteiger partial charge is 0.313 e. The molecule has 1 nitrogen and oxygen atoms in total. The van der Waals surface area contributed by atoms with Crippen molar-refractivity contribution in [1.82, 2.24) is 5.32 Å². The van der Waals surface area contributed by atoms with Gasteiger partial charge in [-0.25, -0.2) is 0 Å². The molecule has 0 radical (unpaired) electrons. The van der Waals surface area contributed by atoms with Crippen LogP contribution >= 0.6 is 0 Å². The van der Waals surface area contributed by atoms with Crippen LogP contribution in [0.1, 0.15) is 41.0 Å². The molecule has 1 heteroatoms. The highest BCUT2D eigenvalue weighted by Crippen LogP contribution is 2.29. The average molecular weight is 183 g/mol. The van der Waals surface area contributed by atoms with Crippen molar-refractivity contribution in [3.05, 3.63) is 12.2 Å². The quantitative estimate of drug-likeness (QED) is 0.660. The van der Waals surface area contributed by atoms with E-state index in [9.17, 15) is 0 Å². The Morgan fingerprint density at radius 3 is 2.08 bits per heavy atom. The van der Waals surface area contributed by atoms with E-state index in [0.717, 1.165) is 0 Å². The molecule has 13 heavy (non-hydrogen) atoms. The first kappa shape index (κ1) is 12.7. The minimum atomic E-state index is 0.393. The minimum absolute atomic E-state index is 0.393. The van der Waals surface area contributed by atoms with Gasteiger partial charge in [-0.05, 0) is 31.7 Å². The Kier molecular flexibility index (Phi) is 4.69. The summed E-state index contributed by atoms with van der Waals surface area (Å²) in [5, 5.41) is 3.30. The van der Waals surface area contributed by atoms with Crippen LogP contribution in [0.5, 0.6) is 0 Å². The van der Waals surface area contributed by atoms with Gasteiger partial charge in [0.1, 0.15) is 0 Å². The van der Waals surface area contributed by atoms with Crippen LogP contribution < -0.4 is 5.32 Å². The molecule has 0 rings (SSSR count). The van der Waals surface area contributed by atoms with Crippen LogP contribution in [-0.4, -0.2) is 13.1 Å². The molecule has 0 fully saturated rings. The molecule has 0 amide bonds. The van der Waals surface area contributed by atoms with E-state index in [1.54, 1.807) is 0 Å². The third-order valence-electron chi connectivity index (χ3n) is 3.01. The molecular formula is C12H25N. The van der Waals surface area contributed by atoms with Gasteiger partial charge in [0.15, 0.2) is 0 Å². The fourth-order valence-corrected chi connectivity index (χ4v) is 1.27. The second kappa shape index (κ2) is 4.80. The van der Waals surface area contributed by atoms with E-state index >= 15 is 0 Å². The summed E-state index contributed by atoms with van der Waals surface area (Å²) in [5.74, 6) is 0.710. The van der Waals surface area contributed by atoms with E-state index in [4.69, 9.17) is 0 Å². The van der Waals surface area contributed by atoms with Gasteiger partial charge >= 0.3 is 0 Å². The summed E-state index contributed by atoms with van der Waals surface area (Å²) in [4.78, 5) is 0.